The van der Waals surface area contributed by atoms with E-state index in [1.807, 2.05) is 24.3 Å². The van der Waals surface area contributed by atoms with Gasteiger partial charge in [0.1, 0.15) is 29.8 Å². The van der Waals surface area contributed by atoms with Crippen molar-refractivity contribution in [1.29, 1.82) is 0 Å². The second kappa shape index (κ2) is 10.8. The molecule has 2 aromatic carbocycles. The van der Waals surface area contributed by atoms with Crippen LogP contribution in [0.25, 0.3) is 11.0 Å². The van der Waals surface area contributed by atoms with Crippen molar-refractivity contribution in [3.05, 3.63) is 65.4 Å². The minimum Gasteiger partial charge on any atom is -0.491 e. The first-order valence-electron chi connectivity index (χ1n) is 11.8. The van der Waals surface area contributed by atoms with E-state index in [1.165, 1.54) is 19.3 Å². The van der Waals surface area contributed by atoms with Gasteiger partial charge in [0.25, 0.3) is 0 Å². The molecule has 32 heavy (non-hydrogen) atoms. The second-order valence-corrected chi connectivity index (χ2v) is 8.68. The molecule has 0 amide bonds. The summed E-state index contributed by atoms with van der Waals surface area (Å²) in [5, 5.41) is 11.2. The van der Waals surface area contributed by atoms with Gasteiger partial charge in [-0.2, -0.15) is 0 Å². The van der Waals surface area contributed by atoms with Gasteiger partial charge in [-0.1, -0.05) is 38.0 Å². The smallest absolute Gasteiger partial charge is 0.197 e. The third kappa shape index (κ3) is 5.40. The maximum atomic E-state index is 13.4. The Kier molecular flexibility index (Phi) is 7.61. The van der Waals surface area contributed by atoms with E-state index in [9.17, 15) is 9.90 Å². The molecule has 2 heterocycles. The van der Waals surface area contributed by atoms with Crippen molar-refractivity contribution in [2.24, 2.45) is 0 Å². The van der Waals surface area contributed by atoms with Gasteiger partial charge in [-0.3, -0.25) is 4.79 Å². The first-order chi connectivity index (χ1) is 15.7. The number of aliphatic hydroxyl groups excluding tert-OH is 1. The summed E-state index contributed by atoms with van der Waals surface area (Å²) in [6, 6.07) is 14.9. The standard InChI is InChI=1S/C27H33NO4/c1-2-3-10-25-26(23-9-5-6-11-24(23)32-25)27(30)20-12-14-22(15-13-20)31-19-21(29)18-28-16-7-4-8-17-28/h5-6,9,11-15,21,29H,2-4,7-8,10,16-19H2,1H3. The number of carbonyl (C=O) groups is 1. The lowest BCUT2D eigenvalue weighted by Gasteiger charge is -2.28. The van der Waals surface area contributed by atoms with Crippen LogP contribution in [0.2, 0.25) is 0 Å². The van der Waals surface area contributed by atoms with E-state index in [0.717, 1.165) is 49.1 Å². The van der Waals surface area contributed by atoms with Gasteiger partial charge in [-0.25, -0.2) is 0 Å². The maximum Gasteiger partial charge on any atom is 0.197 e. The molecular weight excluding hydrogens is 402 g/mol. The summed E-state index contributed by atoms with van der Waals surface area (Å²) in [5.74, 6) is 1.39. The molecule has 0 spiro atoms. The summed E-state index contributed by atoms with van der Waals surface area (Å²) in [4.78, 5) is 15.7. The topological polar surface area (TPSA) is 62.9 Å². The predicted molar refractivity (Wildman–Crippen MR) is 126 cm³/mol. The van der Waals surface area contributed by atoms with E-state index >= 15 is 0 Å². The monoisotopic (exact) mass is 435 g/mol. The van der Waals surface area contributed by atoms with E-state index in [0.29, 0.717) is 23.4 Å². The zero-order valence-corrected chi connectivity index (χ0v) is 18.9. The third-order valence-corrected chi connectivity index (χ3v) is 6.13. The normalized spacial score (nSPS) is 15.7. The Labute approximate surface area is 190 Å². The molecule has 1 aliphatic heterocycles. The van der Waals surface area contributed by atoms with E-state index in [2.05, 4.69) is 11.8 Å². The van der Waals surface area contributed by atoms with Crippen LogP contribution < -0.4 is 4.74 Å². The number of benzene rings is 2. The molecule has 0 radical (unpaired) electrons. The molecule has 1 unspecified atom stereocenters. The number of likely N-dealkylation sites (tertiary alicyclic amines) is 1. The fraction of sp³-hybridized carbons (Fsp3) is 0.444. The summed E-state index contributed by atoms with van der Waals surface area (Å²) in [5.41, 5.74) is 2.03. The number of unbranched alkanes of at least 4 members (excludes halogenated alkanes) is 1. The average molecular weight is 436 g/mol. The van der Waals surface area contributed by atoms with Crippen LogP contribution in [0.3, 0.4) is 0 Å². The van der Waals surface area contributed by atoms with Crippen molar-refractivity contribution in [3.63, 3.8) is 0 Å². The summed E-state index contributed by atoms with van der Waals surface area (Å²) >= 11 is 0. The minimum absolute atomic E-state index is 0.0299. The van der Waals surface area contributed by atoms with Crippen molar-refractivity contribution >= 4 is 16.8 Å². The van der Waals surface area contributed by atoms with Crippen molar-refractivity contribution in [2.75, 3.05) is 26.2 Å². The summed E-state index contributed by atoms with van der Waals surface area (Å²) < 4.78 is 11.8. The van der Waals surface area contributed by atoms with E-state index < -0.39 is 6.10 Å². The van der Waals surface area contributed by atoms with Gasteiger partial charge in [-0.15, -0.1) is 0 Å². The highest BCUT2D eigenvalue weighted by Crippen LogP contribution is 2.29. The van der Waals surface area contributed by atoms with Gasteiger partial charge in [-0.05, 0) is 62.7 Å². The number of aryl methyl sites for hydroxylation is 1. The molecular formula is C27H33NO4. The molecule has 170 valence electrons. The summed E-state index contributed by atoms with van der Waals surface area (Å²) in [7, 11) is 0. The van der Waals surface area contributed by atoms with Crippen LogP contribution in [0, 0.1) is 0 Å². The number of nitrogens with zero attached hydrogens (tertiary/aromatic N) is 1. The van der Waals surface area contributed by atoms with Crippen LogP contribution >= 0.6 is 0 Å². The molecule has 1 atom stereocenters. The lowest BCUT2D eigenvalue weighted by molar-refractivity contribution is 0.0617. The Morgan fingerprint density at radius 3 is 2.59 bits per heavy atom. The molecule has 3 aromatic rings. The molecule has 1 saturated heterocycles. The van der Waals surface area contributed by atoms with Gasteiger partial charge >= 0.3 is 0 Å². The molecule has 4 rings (SSSR count). The van der Waals surface area contributed by atoms with Crippen LogP contribution in [-0.4, -0.2) is 48.1 Å². The number of furan rings is 1. The van der Waals surface area contributed by atoms with Crippen LogP contribution in [0.4, 0.5) is 0 Å². The Balaban J connectivity index is 1.42. The number of rotatable bonds is 10. The summed E-state index contributed by atoms with van der Waals surface area (Å²) in [6.45, 7) is 5.13. The average Bonchev–Trinajstić information content (AvgIpc) is 3.20. The zero-order chi connectivity index (χ0) is 22.3. The summed E-state index contributed by atoms with van der Waals surface area (Å²) in [6.07, 6.45) is 5.94. The number of ketones is 1. The van der Waals surface area contributed by atoms with E-state index in [4.69, 9.17) is 9.15 Å². The molecule has 5 heteroatoms. The van der Waals surface area contributed by atoms with Gasteiger partial charge in [0.05, 0.1) is 5.56 Å². The highest BCUT2D eigenvalue weighted by atomic mass is 16.5. The fourth-order valence-corrected chi connectivity index (χ4v) is 4.39. The highest BCUT2D eigenvalue weighted by molar-refractivity contribution is 6.16. The number of piperidine rings is 1. The molecule has 0 saturated carbocycles. The van der Waals surface area contributed by atoms with E-state index in [1.54, 1.807) is 24.3 Å². The number of para-hydroxylation sites is 1. The van der Waals surface area contributed by atoms with Crippen molar-refractivity contribution in [2.45, 2.75) is 51.6 Å². The van der Waals surface area contributed by atoms with Gasteiger partial charge in [0.2, 0.25) is 0 Å². The first-order valence-corrected chi connectivity index (χ1v) is 11.8. The molecule has 1 fully saturated rings. The maximum absolute atomic E-state index is 13.4. The number of hydrogen-bond acceptors (Lipinski definition) is 5. The number of β-amino-alcohol motifs (C(OH)–C–C–N with tert-alkyl or cyclic N) is 1. The number of ether oxygens (including phenoxy) is 1. The SMILES string of the molecule is CCCCc1oc2ccccc2c1C(=O)c1ccc(OCC(O)CN2CCCCC2)cc1. The van der Waals surface area contributed by atoms with Crippen molar-refractivity contribution in [1.82, 2.24) is 4.90 Å². The Morgan fingerprint density at radius 1 is 1.09 bits per heavy atom. The number of hydrogen-bond donors (Lipinski definition) is 1. The van der Waals surface area contributed by atoms with E-state index in [-0.39, 0.29) is 12.4 Å². The second-order valence-electron chi connectivity index (χ2n) is 8.68. The van der Waals surface area contributed by atoms with Crippen LogP contribution in [0.5, 0.6) is 5.75 Å². The van der Waals surface area contributed by atoms with Crippen LogP contribution in [0.1, 0.15) is 60.7 Å². The minimum atomic E-state index is -0.521. The number of aliphatic hydroxyl groups is 1. The predicted octanol–water partition coefficient (Wildman–Crippen LogP) is 5.23. The largest absolute Gasteiger partial charge is 0.491 e. The highest BCUT2D eigenvalue weighted by Gasteiger charge is 2.22. The molecule has 1 N–H and O–H groups in total. The number of carbonyl (C=O) groups excluding carboxylic acids is 1. The molecule has 5 nitrogen and oxygen atoms in total. The van der Waals surface area contributed by atoms with Gasteiger partial charge in [0.15, 0.2) is 5.78 Å². The van der Waals surface area contributed by atoms with Gasteiger partial charge in [0, 0.05) is 23.9 Å². The zero-order valence-electron chi connectivity index (χ0n) is 18.9. The lowest BCUT2D eigenvalue weighted by atomic mass is 9.98. The van der Waals surface area contributed by atoms with Crippen LogP contribution in [-0.2, 0) is 6.42 Å². The Morgan fingerprint density at radius 2 is 1.84 bits per heavy atom. The lowest BCUT2D eigenvalue weighted by Crippen LogP contribution is -2.38. The first kappa shape index (κ1) is 22.6. The molecule has 1 aromatic heterocycles. The van der Waals surface area contributed by atoms with Crippen molar-refractivity contribution < 1.29 is 19.1 Å². The van der Waals surface area contributed by atoms with Crippen molar-refractivity contribution in [3.8, 4) is 5.75 Å². The van der Waals surface area contributed by atoms with Gasteiger partial charge < -0.3 is 19.2 Å². The quantitative estimate of drug-likeness (QED) is 0.442. The Bertz CT molecular complexity index is 1020. The molecule has 0 aliphatic carbocycles. The Hall–Kier alpha value is -2.63. The van der Waals surface area contributed by atoms with Crippen LogP contribution in [0.15, 0.2) is 52.9 Å². The number of fused-ring (bicyclic) bond motifs is 1. The molecule has 0 bridgehead atoms. The molecule has 1 aliphatic rings. The fourth-order valence-electron chi connectivity index (χ4n) is 4.39. The third-order valence-electron chi connectivity index (χ3n) is 6.13.